The summed E-state index contributed by atoms with van der Waals surface area (Å²) in [5.74, 6) is 0.655. The standard InChI is InChI=1S/C20H21F3N2O3/c1-27-18-5-3-2-4-15(18)14-28-19(26)25-12-10-24(11-13-25)17-8-6-16(7-9-17)20(21,22)23/h2-9H,10-14H2,1H3. The molecule has 0 N–H and O–H groups in total. The van der Waals surface area contributed by atoms with Crippen LogP contribution in [0.25, 0.3) is 0 Å². The largest absolute Gasteiger partial charge is 0.496 e. The zero-order chi connectivity index (χ0) is 20.1. The van der Waals surface area contributed by atoms with Gasteiger partial charge in [0.2, 0.25) is 0 Å². The number of anilines is 1. The molecule has 3 rings (SSSR count). The number of ether oxygens (including phenoxy) is 2. The van der Waals surface area contributed by atoms with E-state index in [9.17, 15) is 18.0 Å². The van der Waals surface area contributed by atoms with Crippen molar-refractivity contribution in [1.82, 2.24) is 4.90 Å². The molecule has 1 fully saturated rings. The number of halogens is 3. The van der Waals surface area contributed by atoms with Crippen molar-refractivity contribution < 1.29 is 27.4 Å². The quantitative estimate of drug-likeness (QED) is 0.781. The molecule has 5 nitrogen and oxygen atoms in total. The minimum absolute atomic E-state index is 0.113. The first kappa shape index (κ1) is 19.9. The highest BCUT2D eigenvalue weighted by Crippen LogP contribution is 2.30. The number of benzene rings is 2. The van der Waals surface area contributed by atoms with E-state index < -0.39 is 17.8 Å². The molecule has 1 aliphatic rings. The molecule has 8 heteroatoms. The summed E-state index contributed by atoms with van der Waals surface area (Å²) in [6.07, 6.45) is -4.76. The van der Waals surface area contributed by atoms with E-state index in [-0.39, 0.29) is 6.61 Å². The van der Waals surface area contributed by atoms with Crippen LogP contribution in [0.5, 0.6) is 5.75 Å². The van der Waals surface area contributed by atoms with E-state index in [0.717, 1.165) is 17.7 Å². The number of carbonyl (C=O) groups is 1. The molecule has 0 unspecified atom stereocenters. The van der Waals surface area contributed by atoms with E-state index in [1.165, 1.54) is 12.1 Å². The van der Waals surface area contributed by atoms with Gasteiger partial charge in [-0.15, -0.1) is 0 Å². The maximum atomic E-state index is 12.7. The lowest BCUT2D eigenvalue weighted by Crippen LogP contribution is -2.48. The van der Waals surface area contributed by atoms with Gasteiger partial charge in [0.1, 0.15) is 12.4 Å². The van der Waals surface area contributed by atoms with Crippen LogP contribution in [-0.4, -0.2) is 44.3 Å². The van der Waals surface area contributed by atoms with E-state index in [1.54, 1.807) is 18.1 Å². The van der Waals surface area contributed by atoms with E-state index in [0.29, 0.717) is 37.6 Å². The highest BCUT2D eigenvalue weighted by atomic mass is 19.4. The van der Waals surface area contributed by atoms with Crippen LogP contribution in [0.4, 0.5) is 23.7 Å². The Bertz CT molecular complexity index is 801. The van der Waals surface area contributed by atoms with Crippen LogP contribution in [0, 0.1) is 0 Å². The fourth-order valence-corrected chi connectivity index (χ4v) is 3.06. The molecule has 2 aromatic carbocycles. The Balaban J connectivity index is 1.51. The van der Waals surface area contributed by atoms with Crippen molar-refractivity contribution in [3.8, 4) is 5.75 Å². The summed E-state index contributed by atoms with van der Waals surface area (Å²) in [6.45, 7) is 2.03. The van der Waals surface area contributed by atoms with E-state index >= 15 is 0 Å². The average Bonchev–Trinajstić information content (AvgIpc) is 2.72. The zero-order valence-electron chi connectivity index (χ0n) is 15.4. The minimum Gasteiger partial charge on any atom is -0.496 e. The number of carbonyl (C=O) groups excluding carboxylic acids is 1. The van der Waals surface area contributed by atoms with Crippen LogP contribution in [0.3, 0.4) is 0 Å². The van der Waals surface area contributed by atoms with Gasteiger partial charge in [0, 0.05) is 37.4 Å². The number of para-hydroxylation sites is 1. The number of rotatable bonds is 4. The second kappa shape index (κ2) is 8.41. The molecule has 0 radical (unpaired) electrons. The van der Waals surface area contributed by atoms with E-state index in [2.05, 4.69) is 0 Å². The molecule has 0 aromatic heterocycles. The molecule has 0 spiro atoms. The SMILES string of the molecule is COc1ccccc1COC(=O)N1CCN(c2ccc(C(F)(F)F)cc2)CC1. The van der Waals surface area contributed by atoms with Crippen molar-refractivity contribution in [2.45, 2.75) is 12.8 Å². The normalized spacial score (nSPS) is 14.7. The van der Waals surface area contributed by atoms with Crippen LogP contribution in [-0.2, 0) is 17.5 Å². The minimum atomic E-state index is -4.34. The lowest BCUT2D eigenvalue weighted by atomic mass is 10.1. The van der Waals surface area contributed by atoms with Crippen LogP contribution >= 0.6 is 0 Å². The smallest absolute Gasteiger partial charge is 0.416 e. The molecule has 1 heterocycles. The lowest BCUT2D eigenvalue weighted by Gasteiger charge is -2.35. The zero-order valence-corrected chi connectivity index (χ0v) is 15.4. The van der Waals surface area contributed by atoms with E-state index in [1.807, 2.05) is 23.1 Å². The summed E-state index contributed by atoms with van der Waals surface area (Å²) in [5.41, 5.74) is 0.812. The molecular weight excluding hydrogens is 373 g/mol. The first-order valence-corrected chi connectivity index (χ1v) is 8.84. The number of hydrogen-bond acceptors (Lipinski definition) is 4. The molecule has 150 valence electrons. The molecule has 1 amide bonds. The Morgan fingerprint density at radius 2 is 1.64 bits per heavy atom. The topological polar surface area (TPSA) is 42.0 Å². The van der Waals surface area contributed by atoms with Gasteiger partial charge in [0.05, 0.1) is 12.7 Å². The summed E-state index contributed by atoms with van der Waals surface area (Å²) < 4.78 is 48.6. The van der Waals surface area contributed by atoms with Crippen molar-refractivity contribution in [3.63, 3.8) is 0 Å². The van der Waals surface area contributed by atoms with Gasteiger partial charge in [-0.05, 0) is 30.3 Å². The maximum Gasteiger partial charge on any atom is 0.416 e. The van der Waals surface area contributed by atoms with Crippen LogP contribution < -0.4 is 9.64 Å². The number of piperazine rings is 1. The van der Waals surface area contributed by atoms with Gasteiger partial charge in [-0.2, -0.15) is 13.2 Å². The van der Waals surface area contributed by atoms with Crippen LogP contribution in [0.1, 0.15) is 11.1 Å². The van der Waals surface area contributed by atoms with Gasteiger partial charge in [-0.25, -0.2) is 4.79 Å². The molecule has 1 saturated heterocycles. The maximum absolute atomic E-state index is 12.7. The first-order chi connectivity index (χ1) is 13.4. The van der Waals surface area contributed by atoms with Crippen molar-refractivity contribution in [3.05, 3.63) is 59.7 Å². The predicted molar refractivity (Wildman–Crippen MR) is 98.4 cm³/mol. The third-order valence-corrected chi connectivity index (χ3v) is 4.64. The van der Waals surface area contributed by atoms with Gasteiger partial charge < -0.3 is 19.3 Å². The lowest BCUT2D eigenvalue weighted by molar-refractivity contribution is -0.137. The molecule has 0 bridgehead atoms. The highest BCUT2D eigenvalue weighted by molar-refractivity contribution is 5.68. The Morgan fingerprint density at radius 1 is 1.00 bits per heavy atom. The second-order valence-electron chi connectivity index (χ2n) is 6.39. The summed E-state index contributed by atoms with van der Waals surface area (Å²) >= 11 is 0. The molecule has 28 heavy (non-hydrogen) atoms. The predicted octanol–water partition coefficient (Wildman–Crippen LogP) is 4.17. The molecule has 0 atom stereocenters. The van der Waals surface area contributed by atoms with Gasteiger partial charge in [0.15, 0.2) is 0 Å². The van der Waals surface area contributed by atoms with Crippen molar-refractivity contribution >= 4 is 11.8 Å². The van der Waals surface area contributed by atoms with Crippen LogP contribution in [0.15, 0.2) is 48.5 Å². The first-order valence-electron chi connectivity index (χ1n) is 8.84. The third-order valence-electron chi connectivity index (χ3n) is 4.64. The van der Waals surface area contributed by atoms with Crippen LogP contribution in [0.2, 0.25) is 0 Å². The highest BCUT2D eigenvalue weighted by Gasteiger charge is 2.30. The van der Waals surface area contributed by atoms with Crippen molar-refractivity contribution in [1.29, 1.82) is 0 Å². The Hall–Kier alpha value is -2.90. The van der Waals surface area contributed by atoms with Crippen molar-refractivity contribution in [2.24, 2.45) is 0 Å². The summed E-state index contributed by atoms with van der Waals surface area (Å²) in [7, 11) is 1.56. The summed E-state index contributed by atoms with van der Waals surface area (Å²) in [4.78, 5) is 15.8. The summed E-state index contributed by atoms with van der Waals surface area (Å²) in [5, 5.41) is 0. The van der Waals surface area contributed by atoms with Gasteiger partial charge in [0.25, 0.3) is 0 Å². The van der Waals surface area contributed by atoms with E-state index in [4.69, 9.17) is 9.47 Å². The average molecular weight is 394 g/mol. The number of alkyl halides is 3. The van der Waals surface area contributed by atoms with Gasteiger partial charge in [-0.1, -0.05) is 18.2 Å². The third kappa shape index (κ3) is 4.68. The molecule has 0 saturated carbocycles. The molecule has 2 aromatic rings. The van der Waals surface area contributed by atoms with Gasteiger partial charge >= 0.3 is 12.3 Å². The van der Waals surface area contributed by atoms with Gasteiger partial charge in [-0.3, -0.25) is 0 Å². The molecule has 0 aliphatic carbocycles. The Morgan fingerprint density at radius 3 is 2.25 bits per heavy atom. The molecular formula is C20H21F3N2O3. The monoisotopic (exact) mass is 394 g/mol. The Labute approximate surface area is 161 Å². The number of hydrogen-bond donors (Lipinski definition) is 0. The fraction of sp³-hybridized carbons (Fsp3) is 0.350. The Kier molecular flexibility index (Phi) is 5.96. The number of methoxy groups -OCH3 is 1. The number of amides is 1. The molecule has 1 aliphatic heterocycles. The second-order valence-corrected chi connectivity index (χ2v) is 6.39. The van der Waals surface area contributed by atoms with Crippen molar-refractivity contribution in [2.75, 3.05) is 38.2 Å². The number of nitrogens with zero attached hydrogens (tertiary/aromatic N) is 2. The summed E-state index contributed by atoms with van der Waals surface area (Å²) in [6, 6.07) is 12.4. The fourth-order valence-electron chi connectivity index (χ4n) is 3.06.